The van der Waals surface area contributed by atoms with Gasteiger partial charge in [0.1, 0.15) is 6.54 Å². The van der Waals surface area contributed by atoms with Crippen molar-refractivity contribution in [2.24, 2.45) is 5.92 Å². The van der Waals surface area contributed by atoms with E-state index in [9.17, 15) is 14.7 Å². The molecule has 0 radical (unpaired) electrons. The van der Waals surface area contributed by atoms with Crippen LogP contribution in [-0.4, -0.2) is 54.9 Å². The molecule has 0 bridgehead atoms. The molecule has 0 aliphatic carbocycles. The van der Waals surface area contributed by atoms with E-state index < -0.39 is 6.09 Å². The molecule has 0 unspecified atom stereocenters. The van der Waals surface area contributed by atoms with Crippen LogP contribution in [0, 0.1) is 5.92 Å². The van der Waals surface area contributed by atoms with E-state index in [-0.39, 0.29) is 24.5 Å². The van der Waals surface area contributed by atoms with E-state index in [0.29, 0.717) is 13.1 Å². The zero-order valence-electron chi connectivity index (χ0n) is 14.1. The van der Waals surface area contributed by atoms with Crippen LogP contribution >= 0.6 is 0 Å². The highest BCUT2D eigenvalue weighted by molar-refractivity contribution is 5.82. The zero-order chi connectivity index (χ0) is 17.4. The molecule has 0 saturated carbocycles. The Hall–Kier alpha value is -2.08. The van der Waals surface area contributed by atoms with Gasteiger partial charge in [0.05, 0.1) is 13.2 Å². The van der Waals surface area contributed by atoms with E-state index in [2.05, 4.69) is 22.2 Å². The van der Waals surface area contributed by atoms with Crippen molar-refractivity contribution in [3.63, 3.8) is 0 Å². The molecule has 1 fully saturated rings. The standard InChI is InChI=1S/C18H26N2O4/c1-24-18(23)19-13-17(22)20-11-9-15(10-12-20)16(21)8-7-14-5-3-2-4-6-14/h2-6,15-16,21H,7-13H2,1H3,(H,19,23)/t16-/m1/s1. The van der Waals surface area contributed by atoms with E-state index in [4.69, 9.17) is 0 Å². The number of hydrogen-bond acceptors (Lipinski definition) is 4. The van der Waals surface area contributed by atoms with Crippen LogP contribution in [0.25, 0.3) is 0 Å². The molecule has 1 heterocycles. The van der Waals surface area contributed by atoms with E-state index >= 15 is 0 Å². The van der Waals surface area contributed by atoms with Crippen LogP contribution in [0.3, 0.4) is 0 Å². The van der Waals surface area contributed by atoms with Crippen LogP contribution in [0.4, 0.5) is 4.79 Å². The SMILES string of the molecule is COC(=O)NCC(=O)N1CCC([C@H](O)CCc2ccccc2)CC1. The lowest BCUT2D eigenvalue weighted by molar-refractivity contribution is -0.132. The molecule has 132 valence electrons. The summed E-state index contributed by atoms with van der Waals surface area (Å²) in [5.74, 6) is 0.115. The first-order chi connectivity index (χ1) is 11.6. The van der Waals surface area contributed by atoms with Crippen molar-refractivity contribution in [2.45, 2.75) is 31.8 Å². The van der Waals surface area contributed by atoms with Crippen molar-refractivity contribution >= 4 is 12.0 Å². The largest absolute Gasteiger partial charge is 0.453 e. The highest BCUT2D eigenvalue weighted by atomic mass is 16.5. The van der Waals surface area contributed by atoms with Gasteiger partial charge in [0, 0.05) is 13.1 Å². The number of piperidine rings is 1. The second-order valence-corrected chi connectivity index (χ2v) is 6.15. The number of likely N-dealkylation sites (tertiary alicyclic amines) is 1. The first-order valence-corrected chi connectivity index (χ1v) is 8.41. The summed E-state index contributed by atoms with van der Waals surface area (Å²) in [6, 6.07) is 10.1. The van der Waals surface area contributed by atoms with Crippen LogP contribution in [0.5, 0.6) is 0 Å². The molecule has 0 spiro atoms. The van der Waals surface area contributed by atoms with Gasteiger partial charge < -0.3 is 20.1 Å². The number of carbonyl (C=O) groups is 2. The quantitative estimate of drug-likeness (QED) is 0.828. The maximum atomic E-state index is 12.0. The van der Waals surface area contributed by atoms with E-state index in [0.717, 1.165) is 25.7 Å². The molecule has 6 nitrogen and oxygen atoms in total. The minimum Gasteiger partial charge on any atom is -0.453 e. The Morgan fingerprint density at radius 2 is 1.96 bits per heavy atom. The highest BCUT2D eigenvalue weighted by Crippen LogP contribution is 2.23. The van der Waals surface area contributed by atoms with Crippen LogP contribution in [0.15, 0.2) is 30.3 Å². The predicted molar refractivity (Wildman–Crippen MR) is 90.5 cm³/mol. The molecule has 1 saturated heterocycles. The van der Waals surface area contributed by atoms with Crippen LogP contribution in [-0.2, 0) is 16.0 Å². The molecule has 0 aromatic heterocycles. The number of rotatable bonds is 6. The molecule has 1 atom stereocenters. The first-order valence-electron chi connectivity index (χ1n) is 8.41. The van der Waals surface area contributed by atoms with Crippen molar-refractivity contribution < 1.29 is 19.4 Å². The Kier molecular flexibility index (Phi) is 7.06. The third-order valence-corrected chi connectivity index (χ3v) is 4.58. The number of aryl methyl sites for hydroxylation is 1. The number of aliphatic hydroxyl groups excluding tert-OH is 1. The Bertz CT molecular complexity index is 527. The number of alkyl carbamates (subject to hydrolysis) is 1. The van der Waals surface area contributed by atoms with E-state index in [1.54, 1.807) is 4.90 Å². The molecule has 1 aliphatic rings. The first kappa shape index (κ1) is 18.3. The van der Waals surface area contributed by atoms with Gasteiger partial charge in [-0.15, -0.1) is 0 Å². The molecule has 2 rings (SSSR count). The summed E-state index contributed by atoms with van der Waals surface area (Å²) in [6.07, 6.45) is 2.25. The number of aliphatic hydroxyl groups is 1. The summed E-state index contributed by atoms with van der Waals surface area (Å²) in [5.41, 5.74) is 1.23. The van der Waals surface area contributed by atoms with Gasteiger partial charge in [-0.1, -0.05) is 30.3 Å². The predicted octanol–water partition coefficient (Wildman–Crippen LogP) is 1.57. The molecular formula is C18H26N2O4. The van der Waals surface area contributed by atoms with Gasteiger partial charge in [0.25, 0.3) is 0 Å². The Morgan fingerprint density at radius 3 is 2.58 bits per heavy atom. The second-order valence-electron chi connectivity index (χ2n) is 6.15. The van der Waals surface area contributed by atoms with E-state index in [1.807, 2.05) is 18.2 Å². The van der Waals surface area contributed by atoms with Gasteiger partial charge in [-0.05, 0) is 37.2 Å². The number of carbonyl (C=O) groups excluding carboxylic acids is 2. The lowest BCUT2D eigenvalue weighted by atomic mass is 9.88. The Balaban J connectivity index is 1.69. The molecular weight excluding hydrogens is 308 g/mol. The molecule has 6 heteroatoms. The minimum absolute atomic E-state index is 0.0477. The lowest BCUT2D eigenvalue weighted by Crippen LogP contribution is -2.45. The van der Waals surface area contributed by atoms with Crippen molar-refractivity contribution in [3.8, 4) is 0 Å². The maximum Gasteiger partial charge on any atom is 0.407 e. The number of ether oxygens (including phenoxy) is 1. The average molecular weight is 334 g/mol. The molecule has 2 N–H and O–H groups in total. The molecule has 1 aromatic carbocycles. The number of hydrogen-bond donors (Lipinski definition) is 2. The zero-order valence-corrected chi connectivity index (χ0v) is 14.1. The summed E-state index contributed by atoms with van der Waals surface area (Å²) >= 11 is 0. The fraction of sp³-hybridized carbons (Fsp3) is 0.556. The summed E-state index contributed by atoms with van der Waals surface area (Å²) in [7, 11) is 1.27. The third kappa shape index (κ3) is 5.53. The normalized spacial score (nSPS) is 16.5. The van der Waals surface area contributed by atoms with Gasteiger partial charge in [0.2, 0.25) is 5.91 Å². The van der Waals surface area contributed by atoms with Crippen molar-refractivity contribution in [2.75, 3.05) is 26.7 Å². The van der Waals surface area contributed by atoms with Crippen molar-refractivity contribution in [3.05, 3.63) is 35.9 Å². The van der Waals surface area contributed by atoms with Crippen LogP contribution in [0.2, 0.25) is 0 Å². The monoisotopic (exact) mass is 334 g/mol. The smallest absolute Gasteiger partial charge is 0.407 e. The summed E-state index contributed by atoms with van der Waals surface area (Å²) in [4.78, 5) is 24.7. The highest BCUT2D eigenvalue weighted by Gasteiger charge is 2.27. The van der Waals surface area contributed by atoms with Crippen LogP contribution in [0.1, 0.15) is 24.8 Å². The number of amides is 2. The summed E-state index contributed by atoms with van der Waals surface area (Å²) in [5, 5.41) is 12.8. The number of nitrogens with one attached hydrogen (secondary N) is 1. The van der Waals surface area contributed by atoms with Crippen LogP contribution < -0.4 is 5.32 Å². The van der Waals surface area contributed by atoms with Gasteiger partial charge in [-0.2, -0.15) is 0 Å². The van der Waals surface area contributed by atoms with Gasteiger partial charge in [-0.25, -0.2) is 4.79 Å². The van der Waals surface area contributed by atoms with Crippen molar-refractivity contribution in [1.29, 1.82) is 0 Å². The van der Waals surface area contributed by atoms with Gasteiger partial charge in [0.15, 0.2) is 0 Å². The number of benzene rings is 1. The van der Waals surface area contributed by atoms with Crippen molar-refractivity contribution in [1.82, 2.24) is 10.2 Å². The maximum absolute atomic E-state index is 12.0. The minimum atomic E-state index is -0.602. The van der Waals surface area contributed by atoms with E-state index in [1.165, 1.54) is 12.7 Å². The second kappa shape index (κ2) is 9.27. The fourth-order valence-corrected chi connectivity index (χ4v) is 3.06. The molecule has 2 amide bonds. The average Bonchev–Trinajstić information content (AvgIpc) is 2.64. The molecule has 1 aromatic rings. The fourth-order valence-electron chi connectivity index (χ4n) is 3.06. The molecule has 1 aliphatic heterocycles. The topological polar surface area (TPSA) is 78.9 Å². The summed E-state index contributed by atoms with van der Waals surface area (Å²) < 4.78 is 4.45. The Labute approximate surface area is 142 Å². The lowest BCUT2D eigenvalue weighted by Gasteiger charge is -2.34. The van der Waals surface area contributed by atoms with Gasteiger partial charge in [-0.3, -0.25) is 4.79 Å². The van der Waals surface area contributed by atoms with Gasteiger partial charge >= 0.3 is 6.09 Å². The Morgan fingerprint density at radius 1 is 1.29 bits per heavy atom. The molecule has 24 heavy (non-hydrogen) atoms. The third-order valence-electron chi connectivity index (χ3n) is 4.58. The number of methoxy groups -OCH3 is 1. The number of nitrogens with zero attached hydrogens (tertiary/aromatic N) is 1. The summed E-state index contributed by atoms with van der Waals surface area (Å²) in [6.45, 7) is 1.19.